The lowest BCUT2D eigenvalue weighted by molar-refractivity contribution is -0.149. The molecule has 1 fully saturated rings. The lowest BCUT2D eigenvalue weighted by atomic mass is 10.2. The number of halogens is 3. The summed E-state index contributed by atoms with van der Waals surface area (Å²) < 4.78 is 43.9. The van der Waals surface area contributed by atoms with Gasteiger partial charge in [-0.2, -0.15) is 13.2 Å². The number of rotatable bonds is 6. The van der Waals surface area contributed by atoms with E-state index in [1.165, 1.54) is 19.1 Å². The van der Waals surface area contributed by atoms with Crippen LogP contribution in [0.2, 0.25) is 0 Å². The van der Waals surface area contributed by atoms with Crippen LogP contribution >= 0.6 is 0 Å². The number of carboxylic acids is 1. The summed E-state index contributed by atoms with van der Waals surface area (Å²) in [5.74, 6) is -2.26. The highest BCUT2D eigenvalue weighted by Crippen LogP contribution is 2.36. The van der Waals surface area contributed by atoms with Crippen molar-refractivity contribution < 1.29 is 32.6 Å². The summed E-state index contributed by atoms with van der Waals surface area (Å²) in [6.07, 6.45) is -4.44. The van der Waals surface area contributed by atoms with Gasteiger partial charge in [-0.25, -0.2) is 0 Å². The molecule has 0 aromatic heterocycles. The van der Waals surface area contributed by atoms with E-state index in [0.717, 1.165) is 17.0 Å². The number of carboxylic acid groups (broad SMARTS) is 1. The van der Waals surface area contributed by atoms with Gasteiger partial charge in [0.25, 0.3) is 5.91 Å². The molecule has 0 spiro atoms. The highest BCUT2D eigenvalue weighted by Gasteiger charge is 2.38. The predicted molar refractivity (Wildman–Crippen MR) is 73.9 cm³/mol. The second-order valence-electron chi connectivity index (χ2n) is 5.35. The van der Waals surface area contributed by atoms with Crippen LogP contribution in [0.3, 0.4) is 0 Å². The third-order valence-corrected chi connectivity index (χ3v) is 3.42. The lowest BCUT2D eigenvalue weighted by Crippen LogP contribution is -2.44. The number of ether oxygens (including phenoxy) is 1. The van der Waals surface area contributed by atoms with Gasteiger partial charge in [0, 0.05) is 6.04 Å². The summed E-state index contributed by atoms with van der Waals surface area (Å²) >= 11 is 0. The fourth-order valence-corrected chi connectivity index (χ4v) is 2.20. The third kappa shape index (κ3) is 4.37. The van der Waals surface area contributed by atoms with Crippen LogP contribution in [0.5, 0.6) is 5.75 Å². The number of para-hydroxylation sites is 1. The van der Waals surface area contributed by atoms with Gasteiger partial charge < -0.3 is 14.7 Å². The van der Waals surface area contributed by atoms with Gasteiger partial charge in [0.2, 0.25) is 0 Å². The number of alkyl halides is 3. The maximum atomic E-state index is 12.9. The van der Waals surface area contributed by atoms with Crippen molar-refractivity contribution in [1.82, 2.24) is 4.90 Å². The van der Waals surface area contributed by atoms with Gasteiger partial charge >= 0.3 is 12.1 Å². The average Bonchev–Trinajstić information content (AvgIpc) is 3.27. The molecule has 1 amide bonds. The molecular weight excluding hydrogens is 315 g/mol. The normalized spacial score (nSPS) is 15.8. The van der Waals surface area contributed by atoms with E-state index in [4.69, 9.17) is 9.84 Å². The van der Waals surface area contributed by atoms with E-state index in [1.807, 2.05) is 0 Å². The molecule has 1 aromatic rings. The Bertz CT molecular complexity index is 599. The molecule has 1 unspecified atom stereocenters. The molecule has 5 nitrogen and oxygen atoms in total. The van der Waals surface area contributed by atoms with Gasteiger partial charge in [-0.05, 0) is 31.9 Å². The minimum Gasteiger partial charge on any atom is -0.480 e. The Balaban J connectivity index is 2.13. The number of nitrogens with zero attached hydrogens (tertiary/aromatic N) is 1. The number of hydrogen-bond donors (Lipinski definition) is 1. The molecule has 0 bridgehead atoms. The summed E-state index contributed by atoms with van der Waals surface area (Å²) in [4.78, 5) is 24.3. The zero-order valence-electron chi connectivity index (χ0n) is 12.3. The predicted octanol–water partition coefficient (Wildman–Crippen LogP) is 2.55. The average molecular weight is 331 g/mol. The van der Waals surface area contributed by atoms with Gasteiger partial charge in [-0.1, -0.05) is 12.1 Å². The molecule has 23 heavy (non-hydrogen) atoms. The van der Waals surface area contributed by atoms with E-state index >= 15 is 0 Å². The van der Waals surface area contributed by atoms with E-state index in [-0.39, 0.29) is 6.04 Å². The van der Waals surface area contributed by atoms with Crippen molar-refractivity contribution >= 4 is 11.9 Å². The Morgan fingerprint density at radius 1 is 1.35 bits per heavy atom. The molecule has 1 atom stereocenters. The summed E-state index contributed by atoms with van der Waals surface area (Å²) in [5, 5.41) is 8.85. The summed E-state index contributed by atoms with van der Waals surface area (Å²) in [5.41, 5.74) is -0.976. The molecule has 1 saturated carbocycles. The summed E-state index contributed by atoms with van der Waals surface area (Å²) in [6.45, 7) is 0.824. The zero-order chi connectivity index (χ0) is 17.2. The van der Waals surface area contributed by atoms with Crippen LogP contribution in [-0.4, -0.2) is 40.6 Å². The van der Waals surface area contributed by atoms with E-state index in [1.54, 1.807) is 0 Å². The van der Waals surface area contributed by atoms with Crippen LogP contribution in [0.1, 0.15) is 25.3 Å². The number of hydrogen-bond acceptors (Lipinski definition) is 3. The summed E-state index contributed by atoms with van der Waals surface area (Å²) in [7, 11) is 0. The van der Waals surface area contributed by atoms with Crippen molar-refractivity contribution in [3.63, 3.8) is 0 Å². The SMILES string of the molecule is CC(Oc1ccccc1C(F)(F)F)C(=O)N(CC(=O)O)C1CC1. The monoisotopic (exact) mass is 331 g/mol. The zero-order valence-corrected chi connectivity index (χ0v) is 12.3. The fraction of sp³-hybridized carbons (Fsp3) is 0.467. The van der Waals surface area contributed by atoms with Crippen LogP contribution in [0, 0.1) is 0 Å². The van der Waals surface area contributed by atoms with Crippen molar-refractivity contribution in [3.05, 3.63) is 29.8 Å². The first-order valence-electron chi connectivity index (χ1n) is 7.05. The van der Waals surface area contributed by atoms with Crippen LogP contribution in [0.4, 0.5) is 13.2 Å². The Morgan fingerprint density at radius 3 is 2.48 bits per heavy atom. The van der Waals surface area contributed by atoms with Crippen LogP contribution < -0.4 is 4.74 Å². The number of amides is 1. The molecular formula is C15H16F3NO4. The Labute approximate surface area is 130 Å². The van der Waals surface area contributed by atoms with Gasteiger partial charge in [-0.15, -0.1) is 0 Å². The number of aliphatic carboxylic acids is 1. The van der Waals surface area contributed by atoms with Crippen LogP contribution in [0.25, 0.3) is 0 Å². The lowest BCUT2D eigenvalue weighted by Gasteiger charge is -2.25. The Hall–Kier alpha value is -2.25. The molecule has 1 N–H and O–H groups in total. The molecule has 126 valence electrons. The van der Waals surface area contributed by atoms with Crippen molar-refractivity contribution in [2.24, 2.45) is 0 Å². The first-order chi connectivity index (χ1) is 10.7. The van der Waals surface area contributed by atoms with E-state index in [9.17, 15) is 22.8 Å². The molecule has 0 saturated heterocycles. The van der Waals surface area contributed by atoms with E-state index < -0.39 is 42.0 Å². The minimum absolute atomic E-state index is 0.178. The number of carbonyl (C=O) groups excluding carboxylic acids is 1. The number of benzene rings is 1. The molecule has 0 aliphatic heterocycles. The molecule has 0 heterocycles. The number of carbonyl (C=O) groups is 2. The van der Waals surface area contributed by atoms with Crippen molar-refractivity contribution in [1.29, 1.82) is 0 Å². The minimum atomic E-state index is -4.60. The summed E-state index contributed by atoms with van der Waals surface area (Å²) in [6, 6.07) is 4.41. The molecule has 8 heteroatoms. The standard InChI is InChI=1S/C15H16F3NO4/c1-9(14(22)19(8-13(20)21)10-6-7-10)23-12-5-3-2-4-11(12)15(16,17)18/h2-5,9-10H,6-8H2,1H3,(H,20,21). The Morgan fingerprint density at radius 2 is 1.96 bits per heavy atom. The molecule has 1 aliphatic carbocycles. The molecule has 0 radical (unpaired) electrons. The van der Waals surface area contributed by atoms with Gasteiger partial charge in [0.1, 0.15) is 12.3 Å². The van der Waals surface area contributed by atoms with E-state index in [0.29, 0.717) is 12.8 Å². The van der Waals surface area contributed by atoms with Crippen molar-refractivity contribution in [2.75, 3.05) is 6.54 Å². The largest absolute Gasteiger partial charge is 0.480 e. The first-order valence-corrected chi connectivity index (χ1v) is 7.05. The maximum Gasteiger partial charge on any atom is 0.419 e. The first kappa shape index (κ1) is 17.1. The third-order valence-electron chi connectivity index (χ3n) is 3.42. The smallest absolute Gasteiger partial charge is 0.419 e. The topological polar surface area (TPSA) is 66.8 Å². The van der Waals surface area contributed by atoms with Crippen LogP contribution in [0.15, 0.2) is 24.3 Å². The second-order valence-corrected chi connectivity index (χ2v) is 5.35. The Kier molecular flexibility index (Phi) is 4.82. The molecule has 1 aliphatic rings. The van der Waals surface area contributed by atoms with Crippen molar-refractivity contribution in [2.45, 2.75) is 38.1 Å². The van der Waals surface area contributed by atoms with Gasteiger partial charge in [0.15, 0.2) is 6.10 Å². The fourth-order valence-electron chi connectivity index (χ4n) is 2.20. The van der Waals surface area contributed by atoms with E-state index in [2.05, 4.69) is 0 Å². The second kappa shape index (κ2) is 6.47. The highest BCUT2D eigenvalue weighted by molar-refractivity contribution is 5.85. The van der Waals surface area contributed by atoms with Crippen molar-refractivity contribution in [3.8, 4) is 5.75 Å². The van der Waals surface area contributed by atoms with Crippen LogP contribution in [-0.2, 0) is 15.8 Å². The molecule has 1 aromatic carbocycles. The quantitative estimate of drug-likeness (QED) is 0.870. The molecule has 2 rings (SSSR count). The van der Waals surface area contributed by atoms with Gasteiger partial charge in [-0.3, -0.25) is 9.59 Å². The maximum absolute atomic E-state index is 12.9. The highest BCUT2D eigenvalue weighted by atomic mass is 19.4. The van der Waals surface area contributed by atoms with Gasteiger partial charge in [0.05, 0.1) is 5.56 Å².